The van der Waals surface area contributed by atoms with E-state index in [9.17, 15) is 19.2 Å². The average Bonchev–Trinajstić information content (AvgIpc) is 3.07. The second-order valence-corrected chi connectivity index (χ2v) is 9.67. The Morgan fingerprint density at radius 1 is 1.03 bits per heavy atom. The largest absolute Gasteiger partial charge is 0.487 e. The molecule has 0 atom stereocenters. The van der Waals surface area contributed by atoms with Crippen LogP contribution in [0.15, 0.2) is 66.4 Å². The van der Waals surface area contributed by atoms with Gasteiger partial charge in [0.25, 0.3) is 5.91 Å². The summed E-state index contributed by atoms with van der Waals surface area (Å²) in [6.07, 6.45) is 1.58. The second-order valence-electron chi connectivity index (χ2n) is 7.34. The summed E-state index contributed by atoms with van der Waals surface area (Å²) in [4.78, 5) is 26.1. The van der Waals surface area contributed by atoms with Gasteiger partial charge in [-0.3, -0.25) is 9.69 Å². The number of carbonyl (C=O) groups is 2. The van der Waals surface area contributed by atoms with Gasteiger partial charge >= 0.3 is 6.03 Å². The molecule has 3 aromatic rings. The van der Waals surface area contributed by atoms with Crippen LogP contribution < -0.4 is 10.1 Å². The van der Waals surface area contributed by atoms with Gasteiger partial charge < -0.3 is 10.1 Å². The van der Waals surface area contributed by atoms with Crippen molar-refractivity contribution in [3.63, 3.8) is 0 Å². The van der Waals surface area contributed by atoms with E-state index < -0.39 is 17.8 Å². The van der Waals surface area contributed by atoms with E-state index in [1.54, 1.807) is 30.3 Å². The summed E-state index contributed by atoms with van der Waals surface area (Å²) in [5.74, 6) is -0.330. The molecule has 0 aromatic heterocycles. The molecule has 34 heavy (non-hydrogen) atoms. The lowest BCUT2D eigenvalue weighted by Crippen LogP contribution is -2.30. The van der Waals surface area contributed by atoms with Crippen LogP contribution in [0.5, 0.6) is 5.75 Å². The molecule has 4 rings (SSSR count). The maximum atomic E-state index is 14.0. The standard InChI is InChI=1S/C25H16FI2N3O3/c26-19-8-4-3-6-17(19)13-31-24(32)22(30-25(31)33)11-15-9-20(27)23(21(28)10-15)34-14-18-7-2-1-5-16(18)12-29/h1-11H,13-14H2,(H,30,33)/b22-11+. The van der Waals surface area contributed by atoms with Gasteiger partial charge in [-0.15, -0.1) is 0 Å². The Labute approximate surface area is 222 Å². The number of benzene rings is 3. The summed E-state index contributed by atoms with van der Waals surface area (Å²) in [5.41, 5.74) is 2.43. The van der Waals surface area contributed by atoms with Crippen molar-refractivity contribution < 1.29 is 18.7 Å². The van der Waals surface area contributed by atoms with Gasteiger partial charge in [0.15, 0.2) is 0 Å². The first kappa shape index (κ1) is 24.2. The van der Waals surface area contributed by atoms with Gasteiger partial charge in [0, 0.05) is 11.1 Å². The van der Waals surface area contributed by atoms with Crippen LogP contribution in [0.3, 0.4) is 0 Å². The van der Waals surface area contributed by atoms with Crippen LogP contribution in [0.25, 0.3) is 6.08 Å². The summed E-state index contributed by atoms with van der Waals surface area (Å²) in [6, 6.07) is 18.5. The first-order valence-electron chi connectivity index (χ1n) is 10.0. The molecule has 1 N–H and O–H groups in total. The fraction of sp³-hybridized carbons (Fsp3) is 0.0800. The molecule has 0 saturated carbocycles. The van der Waals surface area contributed by atoms with Crippen molar-refractivity contribution in [3.05, 3.63) is 102 Å². The minimum Gasteiger partial charge on any atom is -0.487 e. The molecular formula is C25H16FI2N3O3. The summed E-state index contributed by atoms with van der Waals surface area (Å²) in [7, 11) is 0. The van der Waals surface area contributed by atoms with Gasteiger partial charge in [0.05, 0.1) is 25.3 Å². The molecule has 0 spiro atoms. The first-order valence-corrected chi connectivity index (χ1v) is 12.2. The molecule has 0 unspecified atom stereocenters. The lowest BCUT2D eigenvalue weighted by atomic mass is 10.1. The monoisotopic (exact) mass is 679 g/mol. The number of hydrogen-bond acceptors (Lipinski definition) is 4. The zero-order valence-electron chi connectivity index (χ0n) is 17.5. The number of amides is 3. The van der Waals surface area contributed by atoms with E-state index >= 15 is 0 Å². The van der Waals surface area contributed by atoms with Crippen LogP contribution in [-0.2, 0) is 17.9 Å². The molecule has 1 heterocycles. The van der Waals surface area contributed by atoms with E-state index in [1.807, 2.05) is 24.3 Å². The van der Waals surface area contributed by atoms with Gasteiger partial charge in [0.2, 0.25) is 0 Å². The highest BCUT2D eigenvalue weighted by Gasteiger charge is 2.34. The third kappa shape index (κ3) is 5.23. The highest BCUT2D eigenvalue weighted by atomic mass is 127. The van der Waals surface area contributed by atoms with Crippen molar-refractivity contribution in [2.24, 2.45) is 0 Å². The first-order chi connectivity index (χ1) is 16.4. The van der Waals surface area contributed by atoms with Gasteiger partial charge in [-0.25, -0.2) is 9.18 Å². The molecule has 1 aliphatic heterocycles. The Hall–Kier alpha value is -2.98. The average molecular weight is 679 g/mol. The van der Waals surface area contributed by atoms with Crippen molar-refractivity contribution in [3.8, 4) is 11.8 Å². The number of nitrogens with zero attached hydrogens (tertiary/aromatic N) is 2. The van der Waals surface area contributed by atoms with Gasteiger partial charge in [0.1, 0.15) is 23.9 Å². The van der Waals surface area contributed by atoms with Crippen molar-refractivity contribution in [2.45, 2.75) is 13.2 Å². The smallest absolute Gasteiger partial charge is 0.329 e. The van der Waals surface area contributed by atoms with Crippen LogP contribution in [0.2, 0.25) is 0 Å². The molecule has 170 valence electrons. The van der Waals surface area contributed by atoms with E-state index in [2.05, 4.69) is 56.6 Å². The predicted molar refractivity (Wildman–Crippen MR) is 141 cm³/mol. The molecule has 6 nitrogen and oxygen atoms in total. The predicted octanol–water partition coefficient (Wildman–Crippen LogP) is 5.58. The van der Waals surface area contributed by atoms with Gasteiger partial charge in [-0.05, 0) is 81.1 Å². The Bertz CT molecular complexity index is 1340. The van der Waals surface area contributed by atoms with Gasteiger partial charge in [-0.1, -0.05) is 36.4 Å². The normalized spacial score (nSPS) is 14.3. The maximum Gasteiger partial charge on any atom is 0.329 e. The third-order valence-corrected chi connectivity index (χ3v) is 6.69. The van der Waals surface area contributed by atoms with E-state index in [4.69, 9.17) is 4.74 Å². The molecule has 3 aromatic carbocycles. The summed E-state index contributed by atoms with van der Waals surface area (Å²) >= 11 is 4.29. The van der Waals surface area contributed by atoms with Crippen LogP contribution in [0.4, 0.5) is 9.18 Å². The number of carbonyl (C=O) groups excluding carboxylic acids is 2. The van der Waals surface area contributed by atoms with Crippen LogP contribution >= 0.6 is 45.2 Å². The molecule has 1 fully saturated rings. The Kier molecular flexibility index (Phi) is 7.47. The van der Waals surface area contributed by atoms with Crippen molar-refractivity contribution in [1.82, 2.24) is 10.2 Å². The molecule has 0 radical (unpaired) electrons. The number of ether oxygens (including phenoxy) is 1. The van der Waals surface area contributed by atoms with E-state index in [0.717, 1.165) is 17.6 Å². The van der Waals surface area contributed by atoms with Crippen molar-refractivity contribution in [1.29, 1.82) is 5.26 Å². The number of nitrogens with one attached hydrogen (secondary N) is 1. The Balaban J connectivity index is 1.52. The SMILES string of the molecule is N#Cc1ccccc1COc1c(I)cc(/C=C2/NC(=O)N(Cc3ccccc3F)C2=O)cc1I. The summed E-state index contributed by atoms with van der Waals surface area (Å²) in [6.45, 7) is 0.0937. The van der Waals surface area contributed by atoms with Crippen molar-refractivity contribution in [2.75, 3.05) is 0 Å². The fourth-order valence-corrected chi connectivity index (χ4v) is 5.51. The van der Waals surface area contributed by atoms with Crippen LogP contribution in [-0.4, -0.2) is 16.8 Å². The molecule has 9 heteroatoms. The van der Waals surface area contributed by atoms with E-state index in [-0.39, 0.29) is 24.4 Å². The number of hydrogen-bond donors (Lipinski definition) is 1. The minimum atomic E-state index is -0.597. The highest BCUT2D eigenvalue weighted by molar-refractivity contribution is 14.1. The zero-order valence-corrected chi connectivity index (χ0v) is 21.8. The summed E-state index contributed by atoms with van der Waals surface area (Å²) in [5, 5.41) is 11.8. The van der Waals surface area contributed by atoms with Gasteiger partial charge in [-0.2, -0.15) is 5.26 Å². The molecule has 1 saturated heterocycles. The lowest BCUT2D eigenvalue weighted by Gasteiger charge is -2.13. The molecule has 3 amide bonds. The number of urea groups is 1. The minimum absolute atomic E-state index is 0.115. The van der Waals surface area contributed by atoms with Crippen LogP contribution in [0, 0.1) is 24.3 Å². The number of imide groups is 1. The van der Waals surface area contributed by atoms with Crippen LogP contribution in [0.1, 0.15) is 22.3 Å². The van der Waals surface area contributed by atoms with E-state index in [0.29, 0.717) is 16.9 Å². The third-order valence-electron chi connectivity index (χ3n) is 5.09. The lowest BCUT2D eigenvalue weighted by molar-refractivity contribution is -0.123. The number of rotatable bonds is 6. The maximum absolute atomic E-state index is 14.0. The highest BCUT2D eigenvalue weighted by Crippen LogP contribution is 2.31. The zero-order chi connectivity index (χ0) is 24.2. The fourth-order valence-electron chi connectivity index (χ4n) is 3.38. The number of halogens is 3. The summed E-state index contributed by atoms with van der Waals surface area (Å²) < 4.78 is 21.6. The molecule has 1 aliphatic rings. The quantitative estimate of drug-likeness (QED) is 0.210. The molecule has 0 bridgehead atoms. The van der Waals surface area contributed by atoms with E-state index in [1.165, 1.54) is 12.1 Å². The second kappa shape index (κ2) is 10.5. The molecular weight excluding hydrogens is 663 g/mol. The molecule has 0 aliphatic carbocycles. The number of nitriles is 1. The van der Waals surface area contributed by atoms with Crippen molar-refractivity contribution >= 4 is 63.2 Å². The Morgan fingerprint density at radius 3 is 2.35 bits per heavy atom. The Morgan fingerprint density at radius 2 is 1.68 bits per heavy atom. The topological polar surface area (TPSA) is 82.4 Å².